The number of benzene rings is 4. The number of aliphatic hydroxyl groups is 1. The molecule has 0 bridgehead atoms. The monoisotopic (exact) mass is 533 g/mol. The van der Waals surface area contributed by atoms with Crippen molar-refractivity contribution in [2.45, 2.75) is 17.4 Å². The number of aromatic hydroxyl groups is 2. The minimum absolute atomic E-state index is 0.0526. The van der Waals surface area contributed by atoms with Crippen molar-refractivity contribution in [3.05, 3.63) is 114 Å². The molecule has 1 aliphatic heterocycles. The number of β-lactam (4-membered cyclic amide) rings is 1. The van der Waals surface area contributed by atoms with Gasteiger partial charge >= 0.3 is 0 Å². The average molecular weight is 534 g/mol. The number of hydrogen-bond acceptors (Lipinski definition) is 6. The Labute approximate surface area is 219 Å². The van der Waals surface area contributed by atoms with Crippen molar-refractivity contribution < 1.29 is 32.9 Å². The Bertz CT molecular complexity index is 1590. The maximum absolute atomic E-state index is 13.5. The van der Waals surface area contributed by atoms with Gasteiger partial charge in [-0.2, -0.15) is 0 Å². The quantitative estimate of drug-likeness (QED) is 0.301. The molecular formula is C29H24FNO6S. The van der Waals surface area contributed by atoms with E-state index >= 15 is 0 Å². The molecule has 38 heavy (non-hydrogen) atoms. The number of nitrogens with zero attached hydrogens (tertiary/aromatic N) is 1. The van der Waals surface area contributed by atoms with E-state index < -0.39 is 44.7 Å². The third-order valence-electron chi connectivity index (χ3n) is 6.64. The molecule has 3 N–H and O–H groups in total. The Balaban J connectivity index is 1.52. The fraction of sp³-hybridized carbons (Fsp3) is 0.138. The van der Waals surface area contributed by atoms with Crippen molar-refractivity contribution in [3.63, 3.8) is 0 Å². The molecule has 4 aromatic rings. The van der Waals surface area contributed by atoms with E-state index in [-0.39, 0.29) is 22.6 Å². The van der Waals surface area contributed by atoms with Gasteiger partial charge in [-0.25, -0.2) is 12.8 Å². The summed E-state index contributed by atoms with van der Waals surface area (Å²) in [4.78, 5) is 14.6. The molecule has 1 saturated heterocycles. The molecule has 1 fully saturated rings. The Morgan fingerprint density at radius 2 is 1.53 bits per heavy atom. The molecule has 0 aliphatic carbocycles. The zero-order chi connectivity index (χ0) is 27.0. The van der Waals surface area contributed by atoms with Gasteiger partial charge in [0.15, 0.2) is 15.1 Å². The first-order valence-electron chi connectivity index (χ1n) is 11.8. The molecule has 194 valence electrons. The van der Waals surface area contributed by atoms with Crippen molar-refractivity contribution >= 4 is 21.4 Å². The van der Waals surface area contributed by atoms with E-state index in [1.165, 1.54) is 35.2 Å². The van der Waals surface area contributed by atoms with Crippen LogP contribution >= 0.6 is 0 Å². The van der Waals surface area contributed by atoms with Crippen LogP contribution in [-0.4, -0.2) is 40.6 Å². The summed E-state index contributed by atoms with van der Waals surface area (Å²) in [5.41, 5.74) is 2.12. The first-order valence-corrected chi connectivity index (χ1v) is 13.5. The van der Waals surface area contributed by atoms with Crippen LogP contribution in [0.2, 0.25) is 0 Å². The standard InChI is InChI=1S/C29H24FNO6S/c30-21-12-9-18(10-13-21)26(34)17-38(36,37)28-27(31(29(28)35)22-6-2-1-3-7-22)24-14-11-20(16-25(24)33)19-5-4-8-23(32)15-19/h1-16,26-28,32-34H,17H2/t26-,27+,28+/m0/s1. The fourth-order valence-corrected chi connectivity index (χ4v) is 6.68. The number of carbonyl (C=O) groups is 1. The minimum Gasteiger partial charge on any atom is -0.508 e. The van der Waals surface area contributed by atoms with Crippen LogP contribution in [0.5, 0.6) is 11.5 Å². The van der Waals surface area contributed by atoms with Gasteiger partial charge in [0.2, 0.25) is 5.91 Å². The molecule has 1 heterocycles. The number of amides is 1. The number of rotatable bonds is 7. The molecule has 0 aromatic heterocycles. The van der Waals surface area contributed by atoms with E-state index in [4.69, 9.17) is 0 Å². The van der Waals surface area contributed by atoms with Crippen LogP contribution in [-0.2, 0) is 14.6 Å². The summed E-state index contributed by atoms with van der Waals surface area (Å²) in [5, 5.41) is 29.8. The van der Waals surface area contributed by atoms with E-state index in [1.54, 1.807) is 54.6 Å². The largest absolute Gasteiger partial charge is 0.508 e. The number of para-hydroxylation sites is 1. The molecule has 0 spiro atoms. The molecule has 1 amide bonds. The number of sulfone groups is 1. The second kappa shape index (κ2) is 9.92. The summed E-state index contributed by atoms with van der Waals surface area (Å²) >= 11 is 0. The lowest BCUT2D eigenvalue weighted by Gasteiger charge is -2.47. The summed E-state index contributed by atoms with van der Waals surface area (Å²) in [6, 6.07) is 23.4. The zero-order valence-corrected chi connectivity index (χ0v) is 20.8. The number of phenols is 2. The van der Waals surface area contributed by atoms with Crippen molar-refractivity contribution in [2.24, 2.45) is 0 Å². The highest BCUT2D eigenvalue weighted by atomic mass is 32.2. The first kappa shape index (κ1) is 25.4. The average Bonchev–Trinajstić information content (AvgIpc) is 2.88. The Morgan fingerprint density at radius 3 is 2.18 bits per heavy atom. The highest BCUT2D eigenvalue weighted by molar-refractivity contribution is 7.93. The number of hydrogen-bond donors (Lipinski definition) is 3. The topological polar surface area (TPSA) is 115 Å². The number of carbonyl (C=O) groups excluding carboxylic acids is 1. The summed E-state index contributed by atoms with van der Waals surface area (Å²) in [5.74, 6) is -2.12. The molecule has 9 heteroatoms. The van der Waals surface area contributed by atoms with Crippen LogP contribution in [0, 0.1) is 5.82 Å². The van der Waals surface area contributed by atoms with Crippen LogP contribution in [0.1, 0.15) is 23.3 Å². The predicted molar refractivity (Wildman–Crippen MR) is 141 cm³/mol. The van der Waals surface area contributed by atoms with Crippen molar-refractivity contribution in [3.8, 4) is 22.6 Å². The van der Waals surface area contributed by atoms with Gasteiger partial charge in [-0.1, -0.05) is 54.6 Å². The van der Waals surface area contributed by atoms with Gasteiger partial charge in [-0.15, -0.1) is 0 Å². The van der Waals surface area contributed by atoms with Gasteiger partial charge in [0, 0.05) is 11.3 Å². The van der Waals surface area contributed by atoms with Crippen LogP contribution in [0.25, 0.3) is 11.1 Å². The van der Waals surface area contributed by atoms with E-state index in [2.05, 4.69) is 0 Å². The normalized spacial score (nSPS) is 18.2. The second-order valence-corrected chi connectivity index (χ2v) is 11.3. The number of aliphatic hydroxyl groups excluding tert-OH is 1. The van der Waals surface area contributed by atoms with Gasteiger partial charge in [-0.3, -0.25) is 4.79 Å². The van der Waals surface area contributed by atoms with Crippen LogP contribution in [0.4, 0.5) is 10.1 Å². The van der Waals surface area contributed by atoms with Crippen molar-refractivity contribution in [1.29, 1.82) is 0 Å². The lowest BCUT2D eigenvalue weighted by Crippen LogP contribution is -2.62. The van der Waals surface area contributed by atoms with Crippen molar-refractivity contribution in [1.82, 2.24) is 0 Å². The molecule has 7 nitrogen and oxygen atoms in total. The van der Waals surface area contributed by atoms with Gasteiger partial charge in [-0.05, 0) is 59.2 Å². The third kappa shape index (κ3) is 4.73. The van der Waals surface area contributed by atoms with Crippen LogP contribution in [0.3, 0.4) is 0 Å². The van der Waals surface area contributed by atoms with E-state index in [1.807, 2.05) is 0 Å². The van der Waals surface area contributed by atoms with E-state index in [0.29, 0.717) is 16.8 Å². The van der Waals surface area contributed by atoms with E-state index in [0.717, 1.165) is 12.1 Å². The lowest BCUT2D eigenvalue weighted by molar-refractivity contribution is -0.123. The third-order valence-corrected chi connectivity index (χ3v) is 8.65. The SMILES string of the molecule is O=C1[C@H](S(=O)(=O)C[C@H](O)c2ccc(F)cc2)[C@@H](c2ccc(-c3cccc(O)c3)cc2O)N1c1ccccc1. The summed E-state index contributed by atoms with van der Waals surface area (Å²) in [6.07, 6.45) is -1.47. The zero-order valence-electron chi connectivity index (χ0n) is 20.0. The highest BCUT2D eigenvalue weighted by Gasteiger charge is 2.56. The number of phenolic OH excluding ortho intramolecular Hbond substituents is 2. The van der Waals surface area contributed by atoms with Crippen LogP contribution in [0.15, 0.2) is 97.1 Å². The lowest BCUT2D eigenvalue weighted by atomic mass is 9.90. The summed E-state index contributed by atoms with van der Waals surface area (Å²) in [6.45, 7) is 0. The van der Waals surface area contributed by atoms with Crippen molar-refractivity contribution in [2.75, 3.05) is 10.7 Å². The molecule has 5 rings (SSSR count). The summed E-state index contributed by atoms with van der Waals surface area (Å²) < 4.78 is 40.2. The van der Waals surface area contributed by atoms with Gasteiger partial charge in [0.1, 0.15) is 17.3 Å². The second-order valence-electron chi connectivity index (χ2n) is 9.13. The Morgan fingerprint density at radius 1 is 0.842 bits per heavy atom. The molecular weight excluding hydrogens is 509 g/mol. The first-order chi connectivity index (χ1) is 18.2. The molecule has 4 aromatic carbocycles. The molecule has 3 atom stereocenters. The van der Waals surface area contributed by atoms with Gasteiger partial charge in [0.05, 0.1) is 17.9 Å². The Hall–Kier alpha value is -4.21. The van der Waals surface area contributed by atoms with Gasteiger partial charge < -0.3 is 20.2 Å². The van der Waals surface area contributed by atoms with Gasteiger partial charge in [0.25, 0.3) is 0 Å². The minimum atomic E-state index is -4.23. The van der Waals surface area contributed by atoms with Crippen LogP contribution < -0.4 is 4.90 Å². The number of anilines is 1. The molecule has 0 radical (unpaired) electrons. The predicted octanol–water partition coefficient (Wildman–Crippen LogP) is 4.51. The summed E-state index contributed by atoms with van der Waals surface area (Å²) in [7, 11) is -4.23. The number of halogens is 1. The molecule has 0 unspecified atom stereocenters. The maximum Gasteiger partial charge on any atom is 0.248 e. The smallest absolute Gasteiger partial charge is 0.248 e. The Kier molecular flexibility index (Phi) is 6.64. The molecule has 0 saturated carbocycles. The van der Waals surface area contributed by atoms with E-state index in [9.17, 15) is 32.9 Å². The fourth-order valence-electron chi connectivity index (χ4n) is 4.75. The molecule has 1 aliphatic rings. The maximum atomic E-state index is 13.5. The highest BCUT2D eigenvalue weighted by Crippen LogP contribution is 2.46.